The molecule has 2 heterocycles. The van der Waals surface area contributed by atoms with Crippen molar-refractivity contribution in [3.63, 3.8) is 0 Å². The van der Waals surface area contributed by atoms with E-state index < -0.39 is 0 Å². The molecule has 0 atom stereocenters. The molecule has 1 fully saturated rings. The van der Waals surface area contributed by atoms with Crippen LogP contribution in [-0.2, 0) is 4.74 Å². The summed E-state index contributed by atoms with van der Waals surface area (Å²) in [6, 6.07) is 8.54. The van der Waals surface area contributed by atoms with Crippen molar-refractivity contribution in [2.75, 3.05) is 32.8 Å². The van der Waals surface area contributed by atoms with Crippen LogP contribution in [-0.4, -0.2) is 43.5 Å². The van der Waals surface area contributed by atoms with Crippen LogP contribution in [0.4, 0.5) is 0 Å². The highest BCUT2D eigenvalue weighted by Gasteiger charge is 2.14. The molecule has 116 valence electrons. The van der Waals surface area contributed by atoms with Crippen LogP contribution < -0.4 is 0 Å². The SMILES string of the molecule is C=C(C)c1ccc(C2=CCC(CCN3CCOCC3)=N2)cc1. The Morgan fingerprint density at radius 3 is 2.64 bits per heavy atom. The first-order valence-corrected chi connectivity index (χ1v) is 8.05. The van der Waals surface area contributed by atoms with Gasteiger partial charge in [0.15, 0.2) is 0 Å². The third-order valence-electron chi connectivity index (χ3n) is 4.30. The van der Waals surface area contributed by atoms with Gasteiger partial charge in [-0.3, -0.25) is 9.89 Å². The van der Waals surface area contributed by atoms with E-state index in [0.29, 0.717) is 0 Å². The van der Waals surface area contributed by atoms with Crippen molar-refractivity contribution in [1.82, 2.24) is 4.90 Å². The van der Waals surface area contributed by atoms with Crippen LogP contribution in [0, 0.1) is 0 Å². The topological polar surface area (TPSA) is 24.8 Å². The molecule has 1 aromatic rings. The average Bonchev–Trinajstić information content (AvgIpc) is 3.03. The number of aliphatic imine (C=N–C) groups is 1. The maximum atomic E-state index is 5.38. The summed E-state index contributed by atoms with van der Waals surface area (Å²) in [5.74, 6) is 0. The fourth-order valence-corrected chi connectivity index (χ4v) is 2.85. The molecule has 1 saturated heterocycles. The third-order valence-corrected chi connectivity index (χ3v) is 4.30. The maximum Gasteiger partial charge on any atom is 0.0665 e. The predicted octanol–water partition coefficient (Wildman–Crippen LogP) is 3.63. The summed E-state index contributed by atoms with van der Waals surface area (Å²) in [7, 11) is 0. The minimum absolute atomic E-state index is 0.866. The van der Waals surface area contributed by atoms with Crippen molar-refractivity contribution in [3.8, 4) is 0 Å². The molecule has 0 saturated carbocycles. The van der Waals surface area contributed by atoms with Gasteiger partial charge in [-0.15, -0.1) is 0 Å². The molecule has 2 aliphatic rings. The Labute approximate surface area is 133 Å². The van der Waals surface area contributed by atoms with E-state index in [-0.39, 0.29) is 0 Å². The summed E-state index contributed by atoms with van der Waals surface area (Å²) in [6.45, 7) is 10.9. The normalized spacial score (nSPS) is 19.0. The molecule has 0 N–H and O–H groups in total. The van der Waals surface area contributed by atoms with E-state index in [1.807, 2.05) is 6.92 Å². The molecule has 22 heavy (non-hydrogen) atoms. The van der Waals surface area contributed by atoms with Crippen molar-refractivity contribution in [1.29, 1.82) is 0 Å². The first-order valence-electron chi connectivity index (χ1n) is 8.05. The first kappa shape index (κ1) is 15.2. The van der Waals surface area contributed by atoms with Crippen LogP contribution in [0.1, 0.15) is 30.9 Å². The molecule has 0 radical (unpaired) electrons. The molecule has 2 aliphatic heterocycles. The number of hydrogen-bond donors (Lipinski definition) is 0. The zero-order valence-electron chi connectivity index (χ0n) is 13.3. The Morgan fingerprint density at radius 2 is 1.95 bits per heavy atom. The number of rotatable bonds is 5. The molecule has 3 rings (SSSR count). The summed E-state index contributed by atoms with van der Waals surface area (Å²) < 4.78 is 5.38. The predicted molar refractivity (Wildman–Crippen MR) is 93.1 cm³/mol. The minimum Gasteiger partial charge on any atom is -0.379 e. The lowest BCUT2D eigenvalue weighted by atomic mass is 10.1. The van der Waals surface area contributed by atoms with Crippen molar-refractivity contribution >= 4 is 17.0 Å². The highest BCUT2D eigenvalue weighted by molar-refractivity contribution is 5.96. The molecule has 0 spiro atoms. The molecule has 0 aliphatic carbocycles. The van der Waals surface area contributed by atoms with Gasteiger partial charge in [-0.2, -0.15) is 0 Å². The molecule has 0 amide bonds. The molecule has 3 nitrogen and oxygen atoms in total. The van der Waals surface area contributed by atoms with Crippen LogP contribution in [0.3, 0.4) is 0 Å². The van der Waals surface area contributed by atoms with Crippen LogP contribution >= 0.6 is 0 Å². The smallest absolute Gasteiger partial charge is 0.0665 e. The highest BCUT2D eigenvalue weighted by atomic mass is 16.5. The van der Waals surface area contributed by atoms with E-state index in [9.17, 15) is 0 Å². The lowest BCUT2D eigenvalue weighted by Crippen LogP contribution is -2.37. The number of nitrogens with zero attached hydrogens (tertiary/aromatic N) is 2. The lowest BCUT2D eigenvalue weighted by Gasteiger charge is -2.26. The second-order valence-electron chi connectivity index (χ2n) is 6.03. The zero-order valence-corrected chi connectivity index (χ0v) is 13.3. The molecular formula is C19H24N2O. The van der Waals surface area contributed by atoms with Crippen LogP contribution in [0.5, 0.6) is 0 Å². The monoisotopic (exact) mass is 296 g/mol. The Morgan fingerprint density at radius 1 is 1.23 bits per heavy atom. The van der Waals surface area contributed by atoms with Gasteiger partial charge in [-0.1, -0.05) is 42.5 Å². The van der Waals surface area contributed by atoms with Crippen molar-refractivity contribution < 1.29 is 4.74 Å². The Kier molecular flexibility index (Phi) is 4.86. The highest BCUT2D eigenvalue weighted by Crippen LogP contribution is 2.24. The van der Waals surface area contributed by atoms with E-state index in [0.717, 1.165) is 57.0 Å². The number of benzene rings is 1. The summed E-state index contributed by atoms with van der Waals surface area (Å²) in [5.41, 5.74) is 5.91. The van der Waals surface area contributed by atoms with E-state index in [1.165, 1.54) is 16.8 Å². The van der Waals surface area contributed by atoms with Gasteiger partial charge in [0.2, 0.25) is 0 Å². The minimum atomic E-state index is 0.866. The zero-order chi connectivity index (χ0) is 15.4. The second kappa shape index (κ2) is 7.03. The van der Waals surface area contributed by atoms with E-state index >= 15 is 0 Å². The molecule has 0 aromatic heterocycles. The summed E-state index contributed by atoms with van der Waals surface area (Å²) >= 11 is 0. The number of morpholine rings is 1. The first-order chi connectivity index (χ1) is 10.7. The molecule has 0 bridgehead atoms. The Hall–Kier alpha value is -1.71. The second-order valence-corrected chi connectivity index (χ2v) is 6.03. The van der Waals surface area contributed by atoms with Crippen LogP contribution in [0.2, 0.25) is 0 Å². The Bertz CT molecular complexity index is 592. The maximum absolute atomic E-state index is 5.38. The van der Waals surface area contributed by atoms with Gasteiger partial charge in [0, 0.05) is 31.8 Å². The summed E-state index contributed by atoms with van der Waals surface area (Å²) in [5, 5.41) is 0. The quantitative estimate of drug-likeness (QED) is 0.829. The van der Waals surface area contributed by atoms with Gasteiger partial charge >= 0.3 is 0 Å². The van der Waals surface area contributed by atoms with Crippen molar-refractivity contribution in [3.05, 3.63) is 48.0 Å². The van der Waals surface area contributed by atoms with Crippen molar-refractivity contribution in [2.24, 2.45) is 4.99 Å². The molecule has 0 unspecified atom stereocenters. The van der Waals surface area contributed by atoms with Gasteiger partial charge in [0.05, 0.1) is 18.9 Å². The van der Waals surface area contributed by atoms with Crippen LogP contribution in [0.25, 0.3) is 11.3 Å². The molecular weight excluding hydrogens is 272 g/mol. The Balaban J connectivity index is 1.57. The van der Waals surface area contributed by atoms with Gasteiger partial charge in [0.1, 0.15) is 0 Å². The molecule has 1 aromatic carbocycles. The van der Waals surface area contributed by atoms with E-state index in [4.69, 9.17) is 9.73 Å². The summed E-state index contributed by atoms with van der Waals surface area (Å²) in [6.07, 6.45) is 4.29. The standard InChI is InChI=1S/C19H24N2O/c1-15(2)16-3-5-17(6-4-16)19-8-7-18(20-19)9-10-21-11-13-22-14-12-21/h3-6,8H,1,7,9-14H2,2H3. The van der Waals surface area contributed by atoms with Crippen molar-refractivity contribution in [2.45, 2.75) is 19.8 Å². The van der Waals surface area contributed by atoms with Gasteiger partial charge in [0.25, 0.3) is 0 Å². The largest absolute Gasteiger partial charge is 0.379 e. The molecule has 3 heteroatoms. The lowest BCUT2D eigenvalue weighted by molar-refractivity contribution is 0.0392. The number of ether oxygens (including phenoxy) is 1. The fourth-order valence-electron chi connectivity index (χ4n) is 2.85. The van der Waals surface area contributed by atoms with Gasteiger partial charge < -0.3 is 4.74 Å². The van der Waals surface area contributed by atoms with Gasteiger partial charge in [-0.05, 0) is 24.5 Å². The number of hydrogen-bond acceptors (Lipinski definition) is 3. The van der Waals surface area contributed by atoms with Gasteiger partial charge in [-0.25, -0.2) is 0 Å². The average molecular weight is 296 g/mol. The van der Waals surface area contributed by atoms with Crippen LogP contribution in [0.15, 0.2) is 41.9 Å². The summed E-state index contributed by atoms with van der Waals surface area (Å²) in [4.78, 5) is 7.28. The third kappa shape index (κ3) is 3.73. The van der Waals surface area contributed by atoms with E-state index in [2.05, 4.69) is 41.8 Å². The van der Waals surface area contributed by atoms with E-state index in [1.54, 1.807) is 0 Å². The number of allylic oxidation sites excluding steroid dienone is 2. The fraction of sp³-hybridized carbons (Fsp3) is 0.421.